The van der Waals surface area contributed by atoms with E-state index in [0.29, 0.717) is 24.5 Å². The summed E-state index contributed by atoms with van der Waals surface area (Å²) in [5, 5.41) is 0. The molecule has 0 radical (unpaired) electrons. The maximum atomic E-state index is 13.4. The van der Waals surface area contributed by atoms with Gasteiger partial charge in [-0.05, 0) is 55.6 Å². The molecule has 0 fully saturated rings. The molecule has 0 spiro atoms. The first-order valence-corrected chi connectivity index (χ1v) is 11.8. The van der Waals surface area contributed by atoms with Crippen molar-refractivity contribution in [2.75, 3.05) is 44.2 Å². The van der Waals surface area contributed by atoms with Gasteiger partial charge in [0, 0.05) is 38.8 Å². The fourth-order valence-electron chi connectivity index (χ4n) is 3.72. The Bertz CT molecular complexity index is 773. The second-order valence-corrected chi connectivity index (χ2v) is 9.79. The highest BCUT2D eigenvalue weighted by Crippen LogP contribution is 2.30. The molecule has 1 aliphatic rings. The van der Waals surface area contributed by atoms with E-state index < -0.39 is 10.0 Å². The van der Waals surface area contributed by atoms with Gasteiger partial charge in [0.15, 0.2) is 0 Å². The zero-order chi connectivity index (χ0) is 20.9. The molecular formula is C21H35N3O3S. The van der Waals surface area contributed by atoms with Gasteiger partial charge in [0.05, 0.1) is 4.90 Å². The van der Waals surface area contributed by atoms with Crippen molar-refractivity contribution in [3.8, 4) is 0 Å². The number of anilines is 1. The van der Waals surface area contributed by atoms with Gasteiger partial charge in [0.2, 0.25) is 15.9 Å². The molecule has 1 aromatic carbocycles. The van der Waals surface area contributed by atoms with E-state index >= 15 is 0 Å². The van der Waals surface area contributed by atoms with E-state index in [9.17, 15) is 13.2 Å². The van der Waals surface area contributed by atoms with E-state index in [1.54, 1.807) is 34.3 Å². The number of amides is 1. The van der Waals surface area contributed by atoms with Crippen LogP contribution in [0.25, 0.3) is 0 Å². The van der Waals surface area contributed by atoms with Gasteiger partial charge in [-0.2, -0.15) is 4.31 Å². The van der Waals surface area contributed by atoms with Crippen LogP contribution in [0, 0.1) is 5.92 Å². The molecule has 6 nitrogen and oxygen atoms in total. The Labute approximate surface area is 170 Å². The second-order valence-electron chi connectivity index (χ2n) is 7.85. The minimum Gasteiger partial charge on any atom is -0.312 e. The minimum atomic E-state index is -3.58. The van der Waals surface area contributed by atoms with E-state index in [2.05, 4.69) is 18.7 Å². The molecular weight excluding hydrogens is 374 g/mol. The SMILES string of the molecule is CCN(CC)CCN(CC(C)C)S(=O)(=O)c1ccc2c(c1)CCCN2C(C)=O. The van der Waals surface area contributed by atoms with Crippen LogP contribution in [0.3, 0.4) is 0 Å². The van der Waals surface area contributed by atoms with Crippen LogP contribution in [0.5, 0.6) is 0 Å². The zero-order valence-corrected chi connectivity index (χ0v) is 18.8. The molecule has 1 heterocycles. The predicted molar refractivity (Wildman–Crippen MR) is 114 cm³/mol. The number of rotatable bonds is 9. The van der Waals surface area contributed by atoms with Gasteiger partial charge in [-0.1, -0.05) is 27.7 Å². The van der Waals surface area contributed by atoms with Crippen molar-refractivity contribution in [1.29, 1.82) is 0 Å². The highest BCUT2D eigenvalue weighted by Gasteiger charge is 2.28. The molecule has 0 unspecified atom stereocenters. The van der Waals surface area contributed by atoms with Crippen molar-refractivity contribution in [1.82, 2.24) is 9.21 Å². The fraction of sp³-hybridized carbons (Fsp3) is 0.667. The number of fused-ring (bicyclic) bond motifs is 1. The van der Waals surface area contributed by atoms with E-state index in [1.165, 1.54) is 0 Å². The molecule has 0 saturated carbocycles. The normalized spacial score (nSPS) is 14.8. The largest absolute Gasteiger partial charge is 0.312 e. The summed E-state index contributed by atoms with van der Waals surface area (Å²) < 4.78 is 28.4. The molecule has 158 valence electrons. The molecule has 0 bridgehead atoms. The van der Waals surface area contributed by atoms with E-state index in [-0.39, 0.29) is 11.8 Å². The van der Waals surface area contributed by atoms with Gasteiger partial charge >= 0.3 is 0 Å². The lowest BCUT2D eigenvalue weighted by molar-refractivity contribution is -0.116. The molecule has 1 aromatic rings. The average Bonchev–Trinajstić information content (AvgIpc) is 2.66. The maximum Gasteiger partial charge on any atom is 0.243 e. The standard InChI is InChI=1S/C21H35N3O3S/c1-6-22(7-2)13-14-23(16-17(3)4)28(26,27)20-10-11-21-19(15-20)9-8-12-24(21)18(5)25/h10-11,15,17H,6-9,12-14,16H2,1-5H3. The van der Waals surface area contributed by atoms with Crippen molar-refractivity contribution in [2.45, 2.75) is 52.4 Å². The first-order chi connectivity index (χ1) is 13.2. The quantitative estimate of drug-likeness (QED) is 0.629. The summed E-state index contributed by atoms with van der Waals surface area (Å²) in [6.45, 7) is 14.0. The van der Waals surface area contributed by atoms with Crippen molar-refractivity contribution in [3.63, 3.8) is 0 Å². The molecule has 1 amide bonds. The Balaban J connectivity index is 2.32. The number of carbonyl (C=O) groups is 1. The number of benzene rings is 1. The summed E-state index contributed by atoms with van der Waals surface area (Å²) in [7, 11) is -3.58. The van der Waals surface area contributed by atoms with E-state index in [4.69, 9.17) is 0 Å². The number of nitrogens with zero attached hydrogens (tertiary/aromatic N) is 3. The Morgan fingerprint density at radius 3 is 2.43 bits per heavy atom. The third kappa shape index (κ3) is 5.33. The summed E-state index contributed by atoms with van der Waals surface area (Å²) in [6, 6.07) is 5.21. The number of carbonyl (C=O) groups excluding carboxylic acids is 1. The Hall–Kier alpha value is -1.44. The number of aryl methyl sites for hydroxylation is 1. The van der Waals surface area contributed by atoms with Gasteiger partial charge in [-0.3, -0.25) is 4.79 Å². The predicted octanol–water partition coefficient (Wildman–Crippen LogP) is 2.97. The van der Waals surface area contributed by atoms with Crippen LogP contribution in [-0.4, -0.2) is 62.8 Å². The van der Waals surface area contributed by atoms with Crippen molar-refractivity contribution < 1.29 is 13.2 Å². The molecule has 7 heteroatoms. The summed E-state index contributed by atoms with van der Waals surface area (Å²) in [5.41, 5.74) is 1.78. The van der Waals surface area contributed by atoms with E-state index in [0.717, 1.165) is 43.7 Å². The Morgan fingerprint density at radius 2 is 1.86 bits per heavy atom. The summed E-state index contributed by atoms with van der Waals surface area (Å²) >= 11 is 0. The monoisotopic (exact) mass is 409 g/mol. The molecule has 0 aromatic heterocycles. The molecule has 0 N–H and O–H groups in total. The molecule has 0 aliphatic carbocycles. The maximum absolute atomic E-state index is 13.4. The molecule has 28 heavy (non-hydrogen) atoms. The van der Waals surface area contributed by atoms with Crippen LogP contribution < -0.4 is 4.90 Å². The third-order valence-electron chi connectivity index (χ3n) is 5.32. The van der Waals surface area contributed by atoms with Crippen molar-refractivity contribution in [3.05, 3.63) is 23.8 Å². The van der Waals surface area contributed by atoms with Crippen LogP contribution in [-0.2, 0) is 21.2 Å². The summed E-state index contributed by atoms with van der Waals surface area (Å²) in [6.07, 6.45) is 1.65. The third-order valence-corrected chi connectivity index (χ3v) is 7.18. The highest BCUT2D eigenvalue weighted by atomic mass is 32.2. The fourth-order valence-corrected chi connectivity index (χ4v) is 5.37. The van der Waals surface area contributed by atoms with Crippen molar-refractivity contribution >= 4 is 21.6 Å². The number of hydrogen-bond donors (Lipinski definition) is 0. The second kappa shape index (κ2) is 9.85. The van der Waals surface area contributed by atoms with E-state index in [1.807, 2.05) is 13.8 Å². The van der Waals surface area contributed by atoms with Crippen LogP contribution in [0.4, 0.5) is 5.69 Å². The Kier molecular flexibility index (Phi) is 8.04. The van der Waals surface area contributed by atoms with Crippen molar-refractivity contribution in [2.24, 2.45) is 5.92 Å². The van der Waals surface area contributed by atoms with Gasteiger partial charge in [0.25, 0.3) is 0 Å². The molecule has 1 aliphatic heterocycles. The van der Waals surface area contributed by atoms with Crippen LogP contribution in [0.15, 0.2) is 23.1 Å². The number of likely N-dealkylation sites (N-methyl/N-ethyl adjacent to an activating group) is 1. The number of hydrogen-bond acceptors (Lipinski definition) is 4. The molecule has 0 atom stereocenters. The summed E-state index contributed by atoms with van der Waals surface area (Å²) in [5.74, 6) is 0.245. The molecule has 0 saturated heterocycles. The lowest BCUT2D eigenvalue weighted by Crippen LogP contribution is -2.40. The summed E-state index contributed by atoms with van der Waals surface area (Å²) in [4.78, 5) is 16.2. The topological polar surface area (TPSA) is 60.9 Å². The number of sulfonamides is 1. The van der Waals surface area contributed by atoms with Gasteiger partial charge in [-0.15, -0.1) is 0 Å². The first-order valence-electron chi connectivity index (χ1n) is 10.3. The van der Waals surface area contributed by atoms with Gasteiger partial charge in [0.1, 0.15) is 0 Å². The zero-order valence-electron chi connectivity index (χ0n) is 17.9. The average molecular weight is 410 g/mol. The Morgan fingerprint density at radius 1 is 1.18 bits per heavy atom. The molecule has 2 rings (SSSR count). The van der Waals surface area contributed by atoms with Crippen LogP contribution in [0.1, 0.15) is 46.6 Å². The first kappa shape index (κ1) is 22.8. The lowest BCUT2D eigenvalue weighted by atomic mass is 10.0. The minimum absolute atomic E-state index is 0.00258. The smallest absolute Gasteiger partial charge is 0.243 e. The highest BCUT2D eigenvalue weighted by molar-refractivity contribution is 7.89. The lowest BCUT2D eigenvalue weighted by Gasteiger charge is -2.30. The van der Waals surface area contributed by atoms with Crippen LogP contribution >= 0.6 is 0 Å². The van der Waals surface area contributed by atoms with Gasteiger partial charge in [-0.25, -0.2) is 8.42 Å². The van der Waals surface area contributed by atoms with Gasteiger partial charge < -0.3 is 9.80 Å². The van der Waals surface area contributed by atoms with Crippen LogP contribution in [0.2, 0.25) is 0 Å².